The van der Waals surface area contributed by atoms with Crippen LogP contribution in [0.25, 0.3) is 10.9 Å². The molecule has 0 saturated carbocycles. The highest BCUT2D eigenvalue weighted by atomic mass is 35.5. The molecule has 0 spiro atoms. The lowest BCUT2D eigenvalue weighted by Crippen LogP contribution is -1.99. The number of rotatable bonds is 4. The van der Waals surface area contributed by atoms with Gasteiger partial charge >= 0.3 is 0 Å². The van der Waals surface area contributed by atoms with Crippen molar-refractivity contribution in [3.8, 4) is 11.6 Å². The first-order chi connectivity index (χ1) is 13.1. The minimum Gasteiger partial charge on any atom is -0.437 e. The molecule has 2 heterocycles. The van der Waals surface area contributed by atoms with Crippen LogP contribution in [0.5, 0.6) is 11.6 Å². The molecule has 4 aromatic rings. The van der Waals surface area contributed by atoms with Crippen molar-refractivity contribution in [1.82, 2.24) is 15.0 Å². The van der Waals surface area contributed by atoms with E-state index in [2.05, 4.69) is 15.0 Å². The third kappa shape index (κ3) is 3.67. The Morgan fingerprint density at radius 2 is 1.89 bits per heavy atom. The number of anilines is 1. The van der Waals surface area contributed by atoms with Gasteiger partial charge < -0.3 is 10.5 Å². The van der Waals surface area contributed by atoms with E-state index in [0.29, 0.717) is 27.4 Å². The molecule has 27 heavy (non-hydrogen) atoms. The molecule has 0 saturated heterocycles. The number of hydrogen-bond acceptors (Lipinski definition) is 6. The Morgan fingerprint density at radius 3 is 2.74 bits per heavy atom. The van der Waals surface area contributed by atoms with Crippen LogP contribution >= 0.6 is 23.4 Å². The van der Waals surface area contributed by atoms with Crippen LogP contribution in [0.1, 0.15) is 5.56 Å². The molecule has 7 heteroatoms. The van der Waals surface area contributed by atoms with Crippen molar-refractivity contribution in [3.05, 3.63) is 71.6 Å². The minimum absolute atomic E-state index is 0.308. The molecule has 0 aliphatic rings. The number of aryl methyl sites for hydroxylation is 1. The van der Waals surface area contributed by atoms with Gasteiger partial charge in [-0.3, -0.25) is 4.98 Å². The topological polar surface area (TPSA) is 73.9 Å². The van der Waals surface area contributed by atoms with Crippen molar-refractivity contribution in [2.45, 2.75) is 16.8 Å². The van der Waals surface area contributed by atoms with E-state index in [4.69, 9.17) is 22.1 Å². The molecule has 0 radical (unpaired) electrons. The summed E-state index contributed by atoms with van der Waals surface area (Å²) < 4.78 is 5.85. The van der Waals surface area contributed by atoms with Crippen LogP contribution in [0.4, 0.5) is 5.69 Å². The van der Waals surface area contributed by atoms with Crippen LogP contribution in [0.15, 0.2) is 71.0 Å². The predicted molar refractivity (Wildman–Crippen MR) is 109 cm³/mol. The van der Waals surface area contributed by atoms with Gasteiger partial charge in [0.1, 0.15) is 22.8 Å². The Labute approximate surface area is 165 Å². The van der Waals surface area contributed by atoms with Crippen molar-refractivity contribution in [3.63, 3.8) is 0 Å². The van der Waals surface area contributed by atoms with Gasteiger partial charge in [0.25, 0.3) is 0 Å². The summed E-state index contributed by atoms with van der Waals surface area (Å²) in [7, 11) is 0. The summed E-state index contributed by atoms with van der Waals surface area (Å²) in [6.07, 6.45) is 3.21. The van der Waals surface area contributed by atoms with Crippen molar-refractivity contribution < 1.29 is 4.74 Å². The fourth-order valence-electron chi connectivity index (χ4n) is 2.58. The summed E-state index contributed by atoms with van der Waals surface area (Å²) in [6, 6.07) is 15.3. The molecule has 134 valence electrons. The lowest BCUT2D eigenvalue weighted by molar-refractivity contribution is 0.462. The number of para-hydroxylation sites is 1. The molecular weight excluding hydrogens is 380 g/mol. The van der Waals surface area contributed by atoms with Crippen molar-refractivity contribution in [1.29, 1.82) is 0 Å². The maximum Gasteiger partial charge on any atom is 0.247 e. The van der Waals surface area contributed by atoms with Crippen LogP contribution < -0.4 is 10.5 Å². The predicted octanol–water partition coefficient (Wildman–Crippen LogP) is 5.51. The molecule has 2 aromatic heterocycles. The van der Waals surface area contributed by atoms with Crippen LogP contribution in [-0.4, -0.2) is 15.0 Å². The van der Waals surface area contributed by atoms with Crippen molar-refractivity contribution >= 4 is 40.0 Å². The van der Waals surface area contributed by atoms with Crippen molar-refractivity contribution in [2.24, 2.45) is 0 Å². The van der Waals surface area contributed by atoms with Crippen LogP contribution in [-0.2, 0) is 0 Å². The maximum absolute atomic E-state index is 6.27. The first-order valence-electron chi connectivity index (χ1n) is 8.18. The highest BCUT2D eigenvalue weighted by Gasteiger charge is 2.14. The van der Waals surface area contributed by atoms with Crippen LogP contribution in [0.3, 0.4) is 0 Å². The zero-order valence-electron chi connectivity index (χ0n) is 14.4. The zero-order valence-corrected chi connectivity index (χ0v) is 16.0. The van der Waals surface area contributed by atoms with Gasteiger partial charge in [-0.2, -0.15) is 4.98 Å². The molecule has 2 aromatic carbocycles. The lowest BCUT2D eigenvalue weighted by atomic mass is 10.2. The number of nitrogens with two attached hydrogens (primary N) is 1. The molecule has 0 atom stereocenters. The van der Waals surface area contributed by atoms with E-state index < -0.39 is 0 Å². The second-order valence-corrected chi connectivity index (χ2v) is 7.28. The molecule has 0 aliphatic heterocycles. The highest BCUT2D eigenvalue weighted by molar-refractivity contribution is 7.99. The Balaban J connectivity index is 1.66. The third-order valence-electron chi connectivity index (χ3n) is 3.96. The second kappa shape index (κ2) is 7.42. The van der Waals surface area contributed by atoms with Gasteiger partial charge in [0.05, 0.1) is 5.52 Å². The summed E-state index contributed by atoms with van der Waals surface area (Å²) in [5, 5.41) is 2.35. The maximum atomic E-state index is 6.27. The zero-order chi connectivity index (χ0) is 18.8. The number of nitrogen functional groups attached to an aromatic ring is 1. The Hall–Kier alpha value is -2.83. The van der Waals surface area contributed by atoms with Gasteiger partial charge in [-0.25, -0.2) is 4.98 Å². The number of benzene rings is 2. The Morgan fingerprint density at radius 1 is 1.04 bits per heavy atom. The number of fused-ring (bicyclic) bond motifs is 1. The summed E-state index contributed by atoms with van der Waals surface area (Å²) in [6.45, 7) is 1.91. The van der Waals surface area contributed by atoms with E-state index in [0.717, 1.165) is 21.4 Å². The van der Waals surface area contributed by atoms with E-state index in [1.54, 1.807) is 18.3 Å². The fraction of sp³-hybridized carbons (Fsp3) is 0.0500. The standard InChI is InChI=1S/C20H15ClN4OS/c1-12-10-14(7-8-15(12)21)26-19-17(22)20(25-11-24-19)27-16-6-2-4-13-5-3-9-23-18(13)16/h2-11H,22H2,1H3. The average molecular weight is 395 g/mol. The lowest BCUT2D eigenvalue weighted by Gasteiger charge is -2.11. The Kier molecular flexibility index (Phi) is 4.83. The van der Waals surface area contributed by atoms with Crippen LogP contribution in [0.2, 0.25) is 5.02 Å². The first-order valence-corrected chi connectivity index (χ1v) is 9.37. The number of ether oxygens (including phenoxy) is 1. The van der Waals surface area contributed by atoms with E-state index >= 15 is 0 Å². The van der Waals surface area contributed by atoms with Crippen LogP contribution in [0, 0.1) is 6.92 Å². The van der Waals surface area contributed by atoms with E-state index in [9.17, 15) is 0 Å². The monoisotopic (exact) mass is 394 g/mol. The number of nitrogens with zero attached hydrogens (tertiary/aromatic N) is 3. The largest absolute Gasteiger partial charge is 0.437 e. The smallest absolute Gasteiger partial charge is 0.247 e. The number of aromatic nitrogens is 3. The number of halogens is 1. The van der Waals surface area contributed by atoms with E-state index in [1.807, 2.05) is 43.3 Å². The van der Waals surface area contributed by atoms with E-state index in [1.165, 1.54) is 18.1 Å². The van der Waals surface area contributed by atoms with Gasteiger partial charge in [-0.1, -0.05) is 41.6 Å². The molecule has 0 amide bonds. The molecule has 0 bridgehead atoms. The average Bonchev–Trinajstić information content (AvgIpc) is 2.68. The summed E-state index contributed by atoms with van der Waals surface area (Å²) in [5.74, 6) is 0.924. The van der Waals surface area contributed by atoms with Crippen molar-refractivity contribution in [2.75, 3.05) is 5.73 Å². The second-order valence-electron chi connectivity index (χ2n) is 5.84. The quantitative estimate of drug-likeness (QED) is 0.460. The number of hydrogen-bond donors (Lipinski definition) is 1. The molecule has 4 rings (SSSR count). The summed E-state index contributed by atoms with van der Waals surface area (Å²) in [5.41, 5.74) is 8.47. The normalized spacial score (nSPS) is 10.9. The molecule has 0 unspecified atom stereocenters. The van der Waals surface area contributed by atoms with Gasteiger partial charge in [-0.05, 0) is 42.8 Å². The van der Waals surface area contributed by atoms with E-state index in [-0.39, 0.29) is 0 Å². The van der Waals surface area contributed by atoms with Gasteiger partial charge in [0.2, 0.25) is 5.88 Å². The fourth-order valence-corrected chi connectivity index (χ4v) is 3.62. The molecular formula is C20H15ClN4OS. The Bertz CT molecular complexity index is 1130. The van der Waals surface area contributed by atoms with Gasteiger partial charge in [0.15, 0.2) is 0 Å². The minimum atomic E-state index is 0.308. The number of pyridine rings is 1. The summed E-state index contributed by atoms with van der Waals surface area (Å²) >= 11 is 7.50. The molecule has 0 fully saturated rings. The van der Waals surface area contributed by atoms with Gasteiger partial charge in [-0.15, -0.1) is 0 Å². The van der Waals surface area contributed by atoms with Gasteiger partial charge in [0, 0.05) is 21.5 Å². The SMILES string of the molecule is Cc1cc(Oc2ncnc(Sc3cccc4cccnc34)c2N)ccc1Cl. The first kappa shape index (κ1) is 17.6. The third-order valence-corrected chi connectivity index (χ3v) is 5.45. The summed E-state index contributed by atoms with van der Waals surface area (Å²) in [4.78, 5) is 13.9. The highest BCUT2D eigenvalue weighted by Crippen LogP contribution is 2.38. The molecule has 2 N–H and O–H groups in total. The molecule has 0 aliphatic carbocycles. The molecule has 5 nitrogen and oxygen atoms in total.